The van der Waals surface area contributed by atoms with Crippen LogP contribution in [0, 0.1) is 5.92 Å². The summed E-state index contributed by atoms with van der Waals surface area (Å²) in [5, 5.41) is 0. The minimum absolute atomic E-state index is 0.157. The first-order chi connectivity index (χ1) is 7.66. The zero-order chi connectivity index (χ0) is 11.5. The molecule has 0 unspecified atom stereocenters. The molecule has 86 valence electrons. The summed E-state index contributed by atoms with van der Waals surface area (Å²) >= 11 is 0. The van der Waals surface area contributed by atoms with Crippen molar-refractivity contribution in [2.45, 2.75) is 39.5 Å². The first-order valence-corrected chi connectivity index (χ1v) is 5.90. The molecule has 0 N–H and O–H groups in total. The van der Waals surface area contributed by atoms with Crippen LogP contribution < -0.4 is 0 Å². The SMILES string of the molecule is C/C1=C\CC[C@H](C)C(=O)Cc2ccoc2C1. The Labute approximate surface area is 96.3 Å². The number of rotatable bonds is 0. The molecule has 0 aliphatic heterocycles. The zero-order valence-electron chi connectivity index (χ0n) is 9.95. The minimum Gasteiger partial charge on any atom is -0.469 e. The molecule has 1 atom stereocenters. The number of allylic oxidation sites excluding steroid dienone is 2. The van der Waals surface area contributed by atoms with Crippen molar-refractivity contribution in [1.82, 2.24) is 0 Å². The molecule has 0 aromatic carbocycles. The molecule has 0 fully saturated rings. The molecule has 0 bridgehead atoms. The predicted octanol–water partition coefficient (Wildman–Crippen LogP) is 3.31. The molecule has 0 saturated heterocycles. The van der Waals surface area contributed by atoms with Gasteiger partial charge in [-0.15, -0.1) is 0 Å². The summed E-state index contributed by atoms with van der Waals surface area (Å²) in [5.41, 5.74) is 2.39. The van der Waals surface area contributed by atoms with Gasteiger partial charge in [0.2, 0.25) is 0 Å². The van der Waals surface area contributed by atoms with Gasteiger partial charge in [-0.3, -0.25) is 4.79 Å². The third-order valence-corrected chi connectivity index (χ3v) is 3.28. The van der Waals surface area contributed by atoms with Crippen LogP contribution in [0.15, 0.2) is 28.4 Å². The Morgan fingerprint density at radius 3 is 3.00 bits per heavy atom. The monoisotopic (exact) mass is 218 g/mol. The summed E-state index contributed by atoms with van der Waals surface area (Å²) in [6, 6.07) is 1.93. The number of furan rings is 1. The number of fused-ring (bicyclic) bond motifs is 1. The van der Waals surface area contributed by atoms with Crippen LogP contribution in [0.5, 0.6) is 0 Å². The normalized spacial score (nSPS) is 25.8. The molecule has 1 aromatic rings. The van der Waals surface area contributed by atoms with Gasteiger partial charge in [-0.25, -0.2) is 0 Å². The fraction of sp³-hybridized carbons (Fsp3) is 0.500. The van der Waals surface area contributed by atoms with Gasteiger partial charge in [-0.2, -0.15) is 0 Å². The van der Waals surface area contributed by atoms with E-state index >= 15 is 0 Å². The van der Waals surface area contributed by atoms with Crippen molar-refractivity contribution < 1.29 is 9.21 Å². The van der Waals surface area contributed by atoms with Gasteiger partial charge in [0.25, 0.3) is 0 Å². The lowest BCUT2D eigenvalue weighted by Gasteiger charge is -2.12. The van der Waals surface area contributed by atoms with E-state index in [1.807, 2.05) is 13.0 Å². The molecule has 0 amide bonds. The van der Waals surface area contributed by atoms with Gasteiger partial charge in [0.05, 0.1) is 6.26 Å². The molecule has 1 heterocycles. The Hall–Kier alpha value is -1.31. The summed E-state index contributed by atoms with van der Waals surface area (Å²) in [6.45, 7) is 4.15. The molecule has 2 rings (SSSR count). The van der Waals surface area contributed by atoms with E-state index in [2.05, 4.69) is 13.0 Å². The van der Waals surface area contributed by atoms with Crippen LogP contribution in [-0.2, 0) is 17.6 Å². The average Bonchev–Trinajstić information content (AvgIpc) is 2.64. The van der Waals surface area contributed by atoms with Crippen LogP contribution in [0.25, 0.3) is 0 Å². The Morgan fingerprint density at radius 2 is 2.19 bits per heavy atom. The average molecular weight is 218 g/mol. The number of hydrogen-bond acceptors (Lipinski definition) is 2. The third-order valence-electron chi connectivity index (χ3n) is 3.28. The molecule has 2 heteroatoms. The molecule has 0 spiro atoms. The van der Waals surface area contributed by atoms with Crippen LogP contribution in [0.4, 0.5) is 0 Å². The van der Waals surface area contributed by atoms with E-state index in [1.54, 1.807) is 6.26 Å². The Kier molecular flexibility index (Phi) is 3.28. The maximum Gasteiger partial charge on any atom is 0.140 e. The summed E-state index contributed by atoms with van der Waals surface area (Å²) in [5.74, 6) is 1.44. The van der Waals surface area contributed by atoms with E-state index < -0.39 is 0 Å². The van der Waals surface area contributed by atoms with Crippen LogP contribution in [0.1, 0.15) is 38.0 Å². The van der Waals surface area contributed by atoms with Crippen molar-refractivity contribution in [3.63, 3.8) is 0 Å². The second-order valence-corrected chi connectivity index (χ2v) is 4.72. The van der Waals surface area contributed by atoms with Crippen LogP contribution in [0.3, 0.4) is 0 Å². The Morgan fingerprint density at radius 1 is 1.38 bits per heavy atom. The molecule has 2 nitrogen and oxygen atoms in total. The number of ketones is 1. The van der Waals surface area contributed by atoms with Crippen molar-refractivity contribution in [2.24, 2.45) is 5.92 Å². The van der Waals surface area contributed by atoms with Gasteiger partial charge in [0.15, 0.2) is 0 Å². The van der Waals surface area contributed by atoms with Crippen molar-refractivity contribution in [1.29, 1.82) is 0 Å². The Balaban J connectivity index is 2.28. The van der Waals surface area contributed by atoms with E-state index in [0.29, 0.717) is 12.2 Å². The van der Waals surface area contributed by atoms with Gasteiger partial charge in [-0.05, 0) is 25.8 Å². The van der Waals surface area contributed by atoms with Crippen LogP contribution in [-0.4, -0.2) is 5.78 Å². The van der Waals surface area contributed by atoms with Crippen molar-refractivity contribution in [3.8, 4) is 0 Å². The quantitative estimate of drug-likeness (QED) is 0.625. The first kappa shape index (κ1) is 11.2. The van der Waals surface area contributed by atoms with Gasteiger partial charge in [0, 0.05) is 24.3 Å². The number of Topliss-reactive ketones (excluding diaryl/α,β-unsaturated/α-hetero) is 1. The van der Waals surface area contributed by atoms with E-state index in [4.69, 9.17) is 4.42 Å². The summed E-state index contributed by atoms with van der Waals surface area (Å²) in [7, 11) is 0. The second-order valence-electron chi connectivity index (χ2n) is 4.72. The molecular weight excluding hydrogens is 200 g/mol. The van der Waals surface area contributed by atoms with E-state index in [9.17, 15) is 4.79 Å². The summed E-state index contributed by atoms with van der Waals surface area (Å²) < 4.78 is 5.45. The maximum atomic E-state index is 11.9. The predicted molar refractivity (Wildman–Crippen MR) is 63.3 cm³/mol. The van der Waals surface area contributed by atoms with Crippen LogP contribution >= 0.6 is 0 Å². The van der Waals surface area contributed by atoms with E-state index in [-0.39, 0.29) is 5.92 Å². The highest BCUT2D eigenvalue weighted by Gasteiger charge is 2.17. The van der Waals surface area contributed by atoms with Crippen molar-refractivity contribution >= 4 is 5.78 Å². The highest BCUT2D eigenvalue weighted by atomic mass is 16.3. The molecule has 1 aliphatic rings. The van der Waals surface area contributed by atoms with Gasteiger partial charge in [0.1, 0.15) is 11.5 Å². The molecule has 0 radical (unpaired) electrons. The lowest BCUT2D eigenvalue weighted by atomic mass is 9.92. The summed E-state index contributed by atoms with van der Waals surface area (Å²) in [4.78, 5) is 11.9. The maximum absolute atomic E-state index is 11.9. The van der Waals surface area contributed by atoms with Crippen molar-refractivity contribution in [3.05, 3.63) is 35.3 Å². The topological polar surface area (TPSA) is 30.2 Å². The number of carbonyl (C=O) groups is 1. The highest BCUT2D eigenvalue weighted by molar-refractivity contribution is 5.83. The number of carbonyl (C=O) groups excluding carboxylic acids is 1. The standard InChI is InChI=1S/C14H18O2/c1-10-4-3-5-11(2)13(15)9-12-6-7-16-14(12)8-10/h4,6-7,11H,3,5,8-9H2,1-2H3/b10-4+/t11-/m0/s1. The van der Waals surface area contributed by atoms with Crippen LogP contribution in [0.2, 0.25) is 0 Å². The fourth-order valence-electron chi connectivity index (χ4n) is 2.11. The van der Waals surface area contributed by atoms with Crippen molar-refractivity contribution in [2.75, 3.05) is 0 Å². The molecule has 1 aliphatic carbocycles. The molecule has 16 heavy (non-hydrogen) atoms. The molecule has 0 saturated carbocycles. The zero-order valence-corrected chi connectivity index (χ0v) is 9.95. The Bertz CT molecular complexity index is 412. The second kappa shape index (κ2) is 4.69. The minimum atomic E-state index is 0.157. The third kappa shape index (κ3) is 2.43. The lowest BCUT2D eigenvalue weighted by Crippen LogP contribution is -2.14. The number of hydrogen-bond donors (Lipinski definition) is 0. The van der Waals surface area contributed by atoms with Gasteiger partial charge >= 0.3 is 0 Å². The van der Waals surface area contributed by atoms with Gasteiger partial charge in [-0.1, -0.05) is 18.6 Å². The van der Waals surface area contributed by atoms with Gasteiger partial charge < -0.3 is 4.42 Å². The molecular formula is C14H18O2. The van der Waals surface area contributed by atoms with E-state index in [0.717, 1.165) is 30.6 Å². The highest BCUT2D eigenvalue weighted by Crippen LogP contribution is 2.21. The largest absolute Gasteiger partial charge is 0.469 e. The lowest BCUT2D eigenvalue weighted by molar-refractivity contribution is -0.121. The van der Waals surface area contributed by atoms with E-state index in [1.165, 1.54) is 5.57 Å². The fourth-order valence-corrected chi connectivity index (χ4v) is 2.11. The molecule has 1 aromatic heterocycles. The summed E-state index contributed by atoms with van der Waals surface area (Å²) in [6.07, 6.45) is 7.23. The smallest absolute Gasteiger partial charge is 0.140 e. The first-order valence-electron chi connectivity index (χ1n) is 5.90.